The number of anilines is 1. The van der Waals surface area contributed by atoms with E-state index in [1.165, 1.54) is 6.33 Å². The van der Waals surface area contributed by atoms with Gasteiger partial charge in [-0.15, -0.1) is 0 Å². The summed E-state index contributed by atoms with van der Waals surface area (Å²) in [6.07, 6.45) is 2.32. The molecule has 2 rings (SSSR count). The number of hydrogen-bond acceptors (Lipinski definition) is 3. The Kier molecular flexibility index (Phi) is 3.06. The quantitative estimate of drug-likeness (QED) is 0.868. The smallest absolute Gasteiger partial charge is 0.134 e. The highest BCUT2D eigenvalue weighted by Gasteiger charge is 2.09. The van der Waals surface area contributed by atoms with Crippen LogP contribution in [0.25, 0.3) is 11.1 Å². The predicted molar refractivity (Wildman–Crippen MR) is 66.3 cm³/mol. The maximum Gasteiger partial charge on any atom is 0.134 e. The van der Waals surface area contributed by atoms with Gasteiger partial charge in [0.1, 0.15) is 12.1 Å². The first kappa shape index (κ1) is 10.9. The van der Waals surface area contributed by atoms with Crippen LogP contribution in [0.3, 0.4) is 0 Å². The summed E-state index contributed by atoms with van der Waals surface area (Å²) < 4.78 is 0. The summed E-state index contributed by atoms with van der Waals surface area (Å²) in [5.74, 6) is 0.508. The standard InChI is InChI=1S/C12H12ClN3/c1-2-10-11(12(14)16-7-15-10)8-3-5-9(13)6-4-8/h3-7H,2H2,1H3,(H2,14,15,16). The van der Waals surface area contributed by atoms with E-state index in [0.29, 0.717) is 10.8 Å². The van der Waals surface area contributed by atoms with Crippen LogP contribution in [0, 0.1) is 0 Å². The van der Waals surface area contributed by atoms with Gasteiger partial charge in [-0.3, -0.25) is 0 Å². The highest BCUT2D eigenvalue weighted by molar-refractivity contribution is 6.30. The zero-order valence-electron chi connectivity index (χ0n) is 8.94. The first-order valence-corrected chi connectivity index (χ1v) is 5.45. The van der Waals surface area contributed by atoms with Crippen LogP contribution in [0.2, 0.25) is 5.02 Å². The normalized spacial score (nSPS) is 10.4. The highest BCUT2D eigenvalue weighted by atomic mass is 35.5. The summed E-state index contributed by atoms with van der Waals surface area (Å²) in [7, 11) is 0. The predicted octanol–water partition coefficient (Wildman–Crippen LogP) is 2.94. The molecule has 0 aliphatic carbocycles. The molecule has 1 heterocycles. The van der Waals surface area contributed by atoms with Gasteiger partial charge in [-0.05, 0) is 24.1 Å². The second-order valence-corrected chi connectivity index (χ2v) is 3.88. The molecule has 1 aromatic heterocycles. The fraction of sp³-hybridized carbons (Fsp3) is 0.167. The lowest BCUT2D eigenvalue weighted by Gasteiger charge is -2.09. The van der Waals surface area contributed by atoms with Gasteiger partial charge >= 0.3 is 0 Å². The Hall–Kier alpha value is -1.61. The summed E-state index contributed by atoms with van der Waals surface area (Å²) >= 11 is 5.85. The molecular formula is C12H12ClN3. The van der Waals surface area contributed by atoms with Gasteiger partial charge in [0.25, 0.3) is 0 Å². The number of rotatable bonds is 2. The van der Waals surface area contributed by atoms with E-state index in [1.54, 1.807) is 0 Å². The van der Waals surface area contributed by atoms with Gasteiger partial charge in [-0.2, -0.15) is 0 Å². The minimum atomic E-state index is 0.508. The average molecular weight is 234 g/mol. The van der Waals surface area contributed by atoms with E-state index in [2.05, 4.69) is 9.97 Å². The van der Waals surface area contributed by atoms with Crippen LogP contribution in [0.4, 0.5) is 5.82 Å². The number of hydrogen-bond donors (Lipinski definition) is 1. The topological polar surface area (TPSA) is 51.8 Å². The zero-order valence-corrected chi connectivity index (χ0v) is 9.70. The zero-order chi connectivity index (χ0) is 11.5. The third-order valence-electron chi connectivity index (χ3n) is 2.42. The fourth-order valence-electron chi connectivity index (χ4n) is 1.64. The van der Waals surface area contributed by atoms with Crippen LogP contribution in [0.1, 0.15) is 12.6 Å². The van der Waals surface area contributed by atoms with Gasteiger partial charge in [-0.1, -0.05) is 30.7 Å². The molecule has 0 atom stereocenters. The van der Waals surface area contributed by atoms with Crippen LogP contribution in [0.15, 0.2) is 30.6 Å². The summed E-state index contributed by atoms with van der Waals surface area (Å²) in [5, 5.41) is 0.706. The average Bonchev–Trinajstić information content (AvgIpc) is 2.30. The van der Waals surface area contributed by atoms with Crippen LogP contribution in [-0.2, 0) is 6.42 Å². The second kappa shape index (κ2) is 4.49. The maximum atomic E-state index is 5.88. The van der Waals surface area contributed by atoms with Crippen molar-refractivity contribution in [1.29, 1.82) is 0 Å². The van der Waals surface area contributed by atoms with Crippen LogP contribution in [0.5, 0.6) is 0 Å². The van der Waals surface area contributed by atoms with E-state index >= 15 is 0 Å². The molecule has 0 unspecified atom stereocenters. The van der Waals surface area contributed by atoms with Crippen molar-refractivity contribution < 1.29 is 0 Å². The molecule has 2 N–H and O–H groups in total. The lowest BCUT2D eigenvalue weighted by molar-refractivity contribution is 1.01. The monoisotopic (exact) mass is 233 g/mol. The van der Waals surface area contributed by atoms with E-state index in [1.807, 2.05) is 31.2 Å². The number of nitrogen functional groups attached to an aromatic ring is 1. The molecule has 0 radical (unpaired) electrons. The van der Waals surface area contributed by atoms with E-state index in [4.69, 9.17) is 17.3 Å². The Morgan fingerprint density at radius 3 is 2.50 bits per heavy atom. The Labute approximate surface area is 99.3 Å². The van der Waals surface area contributed by atoms with E-state index < -0.39 is 0 Å². The highest BCUT2D eigenvalue weighted by Crippen LogP contribution is 2.28. The second-order valence-electron chi connectivity index (χ2n) is 3.44. The molecule has 4 heteroatoms. The molecule has 0 spiro atoms. The van der Waals surface area contributed by atoms with E-state index in [0.717, 1.165) is 23.2 Å². The number of nitrogens with two attached hydrogens (primary N) is 1. The molecule has 3 nitrogen and oxygen atoms in total. The molecule has 16 heavy (non-hydrogen) atoms. The van der Waals surface area contributed by atoms with Crippen molar-refractivity contribution in [3.8, 4) is 11.1 Å². The molecule has 0 aliphatic heterocycles. The molecule has 0 saturated carbocycles. The van der Waals surface area contributed by atoms with Crippen molar-refractivity contribution in [3.05, 3.63) is 41.3 Å². The fourth-order valence-corrected chi connectivity index (χ4v) is 1.76. The molecular weight excluding hydrogens is 222 g/mol. The lowest BCUT2D eigenvalue weighted by atomic mass is 10.0. The van der Waals surface area contributed by atoms with Gasteiger partial charge in [0, 0.05) is 10.6 Å². The third-order valence-corrected chi connectivity index (χ3v) is 2.67. The molecule has 0 saturated heterocycles. The molecule has 0 amide bonds. The molecule has 82 valence electrons. The SMILES string of the molecule is CCc1ncnc(N)c1-c1ccc(Cl)cc1. The van der Waals surface area contributed by atoms with Crippen LogP contribution >= 0.6 is 11.6 Å². The Morgan fingerprint density at radius 1 is 1.19 bits per heavy atom. The van der Waals surface area contributed by atoms with E-state index in [9.17, 15) is 0 Å². The minimum absolute atomic E-state index is 0.508. The van der Waals surface area contributed by atoms with Crippen LogP contribution < -0.4 is 5.73 Å². The summed E-state index contributed by atoms with van der Waals surface area (Å²) in [6.45, 7) is 2.04. The van der Waals surface area contributed by atoms with Gasteiger partial charge in [0.15, 0.2) is 0 Å². The number of halogens is 1. The van der Waals surface area contributed by atoms with Gasteiger partial charge in [-0.25, -0.2) is 9.97 Å². The largest absolute Gasteiger partial charge is 0.383 e. The molecule has 0 bridgehead atoms. The number of aryl methyl sites for hydroxylation is 1. The lowest BCUT2D eigenvalue weighted by Crippen LogP contribution is -2.00. The molecule has 0 aliphatic rings. The first-order chi connectivity index (χ1) is 7.72. The van der Waals surface area contributed by atoms with Crippen molar-refractivity contribution in [2.24, 2.45) is 0 Å². The minimum Gasteiger partial charge on any atom is -0.383 e. The van der Waals surface area contributed by atoms with Gasteiger partial charge in [0.2, 0.25) is 0 Å². The summed E-state index contributed by atoms with van der Waals surface area (Å²) in [4.78, 5) is 8.25. The van der Waals surface area contributed by atoms with Crippen molar-refractivity contribution in [3.63, 3.8) is 0 Å². The number of nitrogens with zero attached hydrogens (tertiary/aromatic N) is 2. The Balaban J connectivity index is 2.58. The Bertz CT molecular complexity index is 494. The summed E-state index contributed by atoms with van der Waals surface area (Å²) in [5.41, 5.74) is 8.74. The van der Waals surface area contributed by atoms with Gasteiger partial charge < -0.3 is 5.73 Å². The Morgan fingerprint density at radius 2 is 1.88 bits per heavy atom. The third kappa shape index (κ3) is 1.99. The molecule has 1 aromatic carbocycles. The molecule has 2 aromatic rings. The van der Waals surface area contributed by atoms with Crippen molar-refractivity contribution in [2.45, 2.75) is 13.3 Å². The number of aromatic nitrogens is 2. The molecule has 0 fully saturated rings. The summed E-state index contributed by atoms with van der Waals surface area (Å²) in [6, 6.07) is 7.53. The van der Waals surface area contributed by atoms with E-state index in [-0.39, 0.29) is 0 Å². The first-order valence-electron chi connectivity index (χ1n) is 5.07. The van der Waals surface area contributed by atoms with Crippen LogP contribution in [-0.4, -0.2) is 9.97 Å². The van der Waals surface area contributed by atoms with Crippen molar-refractivity contribution in [1.82, 2.24) is 9.97 Å². The van der Waals surface area contributed by atoms with Gasteiger partial charge in [0.05, 0.1) is 5.69 Å². The maximum absolute atomic E-state index is 5.88. The van der Waals surface area contributed by atoms with Crippen molar-refractivity contribution >= 4 is 17.4 Å². The number of benzene rings is 1. The van der Waals surface area contributed by atoms with Crippen molar-refractivity contribution in [2.75, 3.05) is 5.73 Å².